The predicted octanol–water partition coefficient (Wildman–Crippen LogP) is 4.28. The van der Waals surface area contributed by atoms with Crippen LogP contribution in [-0.4, -0.2) is 35.3 Å². The van der Waals surface area contributed by atoms with Crippen LogP contribution in [-0.2, 0) is 4.79 Å². The second kappa shape index (κ2) is 8.31. The van der Waals surface area contributed by atoms with Crippen LogP contribution >= 0.6 is 11.3 Å². The van der Waals surface area contributed by atoms with Crippen LogP contribution in [0.4, 0.5) is 10.1 Å². The number of hydrogen-bond acceptors (Lipinski definition) is 4. The van der Waals surface area contributed by atoms with Gasteiger partial charge in [0.25, 0.3) is 5.91 Å². The number of nitrogens with one attached hydrogen (secondary N) is 1. The SMILES string of the molecule is Cc1cccc(NC(=O)CN(C)C(=O)c2csc(-c3ccc(F)cc3)n2)c1C. The van der Waals surface area contributed by atoms with E-state index >= 15 is 0 Å². The Morgan fingerprint density at radius 3 is 2.57 bits per heavy atom. The molecule has 0 atom stereocenters. The number of rotatable bonds is 5. The third-order valence-electron chi connectivity index (χ3n) is 4.42. The lowest BCUT2D eigenvalue weighted by atomic mass is 10.1. The fraction of sp³-hybridized carbons (Fsp3) is 0.190. The summed E-state index contributed by atoms with van der Waals surface area (Å²) in [6, 6.07) is 11.6. The van der Waals surface area contributed by atoms with Gasteiger partial charge in [-0.25, -0.2) is 9.37 Å². The first kappa shape index (κ1) is 19.7. The topological polar surface area (TPSA) is 62.3 Å². The van der Waals surface area contributed by atoms with Gasteiger partial charge in [0.05, 0.1) is 6.54 Å². The third-order valence-corrected chi connectivity index (χ3v) is 5.31. The maximum absolute atomic E-state index is 13.1. The molecule has 1 heterocycles. The lowest BCUT2D eigenvalue weighted by Gasteiger charge is -2.16. The summed E-state index contributed by atoms with van der Waals surface area (Å²) in [6.45, 7) is 3.82. The Kier molecular flexibility index (Phi) is 5.84. The van der Waals surface area contributed by atoms with Crippen LogP contribution in [0.15, 0.2) is 47.8 Å². The van der Waals surface area contributed by atoms with Gasteiger partial charge >= 0.3 is 0 Å². The van der Waals surface area contributed by atoms with E-state index in [1.54, 1.807) is 24.6 Å². The summed E-state index contributed by atoms with van der Waals surface area (Å²) in [6.07, 6.45) is 0. The zero-order valence-corrected chi connectivity index (χ0v) is 16.6. The minimum Gasteiger partial charge on any atom is -0.331 e. The van der Waals surface area contributed by atoms with Crippen molar-refractivity contribution >= 4 is 28.8 Å². The molecule has 0 aliphatic rings. The summed E-state index contributed by atoms with van der Waals surface area (Å²) in [4.78, 5) is 30.5. The second-order valence-corrected chi connectivity index (χ2v) is 7.36. The number of nitrogens with zero attached hydrogens (tertiary/aromatic N) is 2. The number of amides is 2. The quantitative estimate of drug-likeness (QED) is 0.699. The van der Waals surface area contributed by atoms with E-state index in [-0.39, 0.29) is 29.9 Å². The Hall–Kier alpha value is -3.06. The summed E-state index contributed by atoms with van der Waals surface area (Å²) in [5.41, 5.74) is 3.80. The lowest BCUT2D eigenvalue weighted by Crippen LogP contribution is -2.35. The van der Waals surface area contributed by atoms with E-state index in [2.05, 4.69) is 10.3 Å². The highest BCUT2D eigenvalue weighted by Crippen LogP contribution is 2.24. The number of anilines is 1. The first-order valence-electron chi connectivity index (χ1n) is 8.68. The van der Waals surface area contributed by atoms with Crippen molar-refractivity contribution in [2.45, 2.75) is 13.8 Å². The number of halogens is 1. The van der Waals surface area contributed by atoms with Gasteiger partial charge < -0.3 is 10.2 Å². The number of carbonyl (C=O) groups is 2. The van der Waals surface area contributed by atoms with Crippen LogP contribution in [0.5, 0.6) is 0 Å². The highest BCUT2D eigenvalue weighted by Gasteiger charge is 2.19. The molecule has 2 aromatic carbocycles. The van der Waals surface area contributed by atoms with E-state index in [9.17, 15) is 14.0 Å². The summed E-state index contributed by atoms with van der Waals surface area (Å²) in [5.74, 6) is -0.953. The number of carbonyl (C=O) groups excluding carboxylic acids is 2. The van der Waals surface area contributed by atoms with Crippen molar-refractivity contribution < 1.29 is 14.0 Å². The van der Waals surface area contributed by atoms with Gasteiger partial charge in [0.1, 0.15) is 16.5 Å². The molecule has 28 heavy (non-hydrogen) atoms. The van der Waals surface area contributed by atoms with Gasteiger partial charge in [-0.05, 0) is 55.3 Å². The van der Waals surface area contributed by atoms with E-state index in [1.807, 2.05) is 32.0 Å². The van der Waals surface area contributed by atoms with Gasteiger partial charge in [-0.2, -0.15) is 0 Å². The van der Waals surface area contributed by atoms with E-state index in [1.165, 1.54) is 28.4 Å². The maximum Gasteiger partial charge on any atom is 0.273 e. The molecule has 1 N–H and O–H groups in total. The summed E-state index contributed by atoms with van der Waals surface area (Å²) < 4.78 is 13.1. The van der Waals surface area contributed by atoms with Gasteiger partial charge in [-0.1, -0.05) is 12.1 Å². The van der Waals surface area contributed by atoms with E-state index < -0.39 is 0 Å². The molecular formula is C21H20FN3O2S. The Morgan fingerprint density at radius 1 is 1.14 bits per heavy atom. The summed E-state index contributed by atoms with van der Waals surface area (Å²) in [7, 11) is 1.56. The molecule has 0 aliphatic carbocycles. The van der Waals surface area contributed by atoms with Gasteiger partial charge in [0, 0.05) is 23.7 Å². The minimum absolute atomic E-state index is 0.0877. The van der Waals surface area contributed by atoms with Gasteiger partial charge in [0.15, 0.2) is 0 Å². The molecule has 0 spiro atoms. The Bertz CT molecular complexity index is 1010. The molecule has 0 aliphatic heterocycles. The van der Waals surface area contributed by atoms with Crippen molar-refractivity contribution in [2.75, 3.05) is 18.9 Å². The largest absolute Gasteiger partial charge is 0.331 e. The Morgan fingerprint density at radius 2 is 1.86 bits per heavy atom. The van der Waals surface area contributed by atoms with Crippen molar-refractivity contribution in [1.29, 1.82) is 0 Å². The Labute approximate surface area is 166 Å². The van der Waals surface area contributed by atoms with Crippen LogP contribution in [0, 0.1) is 19.7 Å². The molecule has 0 unspecified atom stereocenters. The summed E-state index contributed by atoms with van der Waals surface area (Å²) >= 11 is 1.30. The zero-order chi connectivity index (χ0) is 20.3. The second-order valence-electron chi connectivity index (χ2n) is 6.50. The molecule has 0 saturated heterocycles. The third kappa shape index (κ3) is 4.43. The zero-order valence-electron chi connectivity index (χ0n) is 15.8. The van der Waals surface area contributed by atoms with Gasteiger partial charge in [-0.3, -0.25) is 9.59 Å². The van der Waals surface area contributed by atoms with Gasteiger partial charge in [-0.15, -0.1) is 11.3 Å². The maximum atomic E-state index is 13.1. The van der Waals surface area contributed by atoms with E-state index in [4.69, 9.17) is 0 Å². The molecule has 1 aromatic heterocycles. The van der Waals surface area contributed by atoms with Crippen LogP contribution in [0.1, 0.15) is 21.6 Å². The van der Waals surface area contributed by atoms with Crippen LogP contribution in [0.2, 0.25) is 0 Å². The van der Waals surface area contributed by atoms with Gasteiger partial charge in [0.2, 0.25) is 5.91 Å². The molecule has 5 nitrogen and oxygen atoms in total. The monoisotopic (exact) mass is 397 g/mol. The molecule has 7 heteroatoms. The number of aryl methyl sites for hydroxylation is 1. The number of hydrogen-bond donors (Lipinski definition) is 1. The Balaban J connectivity index is 1.65. The van der Waals surface area contributed by atoms with Crippen LogP contribution in [0.25, 0.3) is 10.6 Å². The van der Waals surface area contributed by atoms with Crippen molar-refractivity contribution in [3.05, 3.63) is 70.5 Å². The normalized spacial score (nSPS) is 10.6. The lowest BCUT2D eigenvalue weighted by molar-refractivity contribution is -0.116. The molecule has 0 fully saturated rings. The minimum atomic E-state index is -0.347. The predicted molar refractivity (Wildman–Crippen MR) is 109 cm³/mol. The van der Waals surface area contributed by atoms with Crippen LogP contribution < -0.4 is 5.32 Å². The number of thiazole rings is 1. The van der Waals surface area contributed by atoms with Crippen molar-refractivity contribution in [3.63, 3.8) is 0 Å². The molecule has 0 bridgehead atoms. The molecule has 0 radical (unpaired) electrons. The van der Waals surface area contributed by atoms with Crippen LogP contribution in [0.3, 0.4) is 0 Å². The van der Waals surface area contributed by atoms with Crippen molar-refractivity contribution in [2.24, 2.45) is 0 Å². The molecule has 2 amide bonds. The van der Waals surface area contributed by atoms with E-state index in [0.717, 1.165) is 22.4 Å². The highest BCUT2D eigenvalue weighted by molar-refractivity contribution is 7.13. The van der Waals surface area contributed by atoms with Crippen molar-refractivity contribution in [1.82, 2.24) is 9.88 Å². The molecule has 0 saturated carbocycles. The smallest absolute Gasteiger partial charge is 0.273 e. The fourth-order valence-electron chi connectivity index (χ4n) is 2.66. The first-order chi connectivity index (χ1) is 13.3. The first-order valence-corrected chi connectivity index (χ1v) is 9.56. The molecule has 144 valence electrons. The van der Waals surface area contributed by atoms with Crippen molar-refractivity contribution in [3.8, 4) is 10.6 Å². The number of aromatic nitrogens is 1. The molecule has 3 rings (SSSR count). The number of benzene rings is 2. The standard InChI is InChI=1S/C21H20FN3O2S/c1-13-5-4-6-17(14(13)2)23-19(26)11-25(3)21(27)18-12-28-20(24-18)15-7-9-16(22)10-8-15/h4-10,12H,11H2,1-3H3,(H,23,26). The molecule has 3 aromatic rings. The average molecular weight is 397 g/mol. The number of likely N-dealkylation sites (N-methyl/N-ethyl adjacent to an activating group) is 1. The fourth-order valence-corrected chi connectivity index (χ4v) is 3.46. The van der Waals surface area contributed by atoms with E-state index in [0.29, 0.717) is 5.01 Å². The molecular weight excluding hydrogens is 377 g/mol. The highest BCUT2D eigenvalue weighted by atomic mass is 32.1. The average Bonchev–Trinajstić information content (AvgIpc) is 3.15. The summed E-state index contributed by atoms with van der Waals surface area (Å²) in [5, 5.41) is 5.10.